The third-order valence-electron chi connectivity index (χ3n) is 2.67. The van der Waals surface area contributed by atoms with Crippen molar-refractivity contribution in [1.82, 2.24) is 0 Å². The first-order chi connectivity index (χ1) is 8.38. The number of hydrogen-bond acceptors (Lipinski definition) is 2. The molecule has 0 bridgehead atoms. The van der Waals surface area contributed by atoms with E-state index in [-0.39, 0.29) is 0 Å². The van der Waals surface area contributed by atoms with Gasteiger partial charge in [-0.3, -0.25) is 0 Å². The van der Waals surface area contributed by atoms with E-state index in [4.69, 9.17) is 10.5 Å². The first kappa shape index (κ1) is 12.0. The van der Waals surface area contributed by atoms with Crippen molar-refractivity contribution < 1.29 is 4.74 Å². The van der Waals surface area contributed by atoms with E-state index >= 15 is 0 Å². The van der Waals surface area contributed by atoms with Crippen molar-refractivity contribution in [3.05, 3.63) is 29.8 Å². The Kier molecular flexibility index (Phi) is 4.46. The van der Waals surface area contributed by atoms with Crippen molar-refractivity contribution >= 4 is 0 Å². The smallest absolute Gasteiger partial charge is 0.119 e. The van der Waals surface area contributed by atoms with E-state index in [1.54, 1.807) is 0 Å². The van der Waals surface area contributed by atoms with E-state index in [1.807, 2.05) is 24.3 Å². The molecule has 0 atom stereocenters. The van der Waals surface area contributed by atoms with Crippen molar-refractivity contribution in [1.29, 1.82) is 0 Å². The molecule has 90 valence electrons. The average molecular weight is 229 g/mol. The highest BCUT2D eigenvalue weighted by atomic mass is 16.5. The fourth-order valence-corrected chi connectivity index (χ4v) is 1.52. The van der Waals surface area contributed by atoms with Crippen LogP contribution in [0.2, 0.25) is 0 Å². The summed E-state index contributed by atoms with van der Waals surface area (Å²) < 4.78 is 5.68. The van der Waals surface area contributed by atoms with Crippen LogP contribution in [-0.2, 0) is 0 Å². The predicted molar refractivity (Wildman–Crippen MR) is 69.9 cm³/mol. The summed E-state index contributed by atoms with van der Waals surface area (Å²) in [5.41, 5.74) is 6.48. The van der Waals surface area contributed by atoms with Crippen LogP contribution in [0.1, 0.15) is 37.7 Å². The summed E-state index contributed by atoms with van der Waals surface area (Å²) in [5.74, 6) is 7.28. The van der Waals surface area contributed by atoms with E-state index in [0.29, 0.717) is 6.10 Å². The van der Waals surface area contributed by atoms with Crippen LogP contribution in [0.4, 0.5) is 0 Å². The Balaban J connectivity index is 1.79. The van der Waals surface area contributed by atoms with Crippen LogP contribution in [0.15, 0.2) is 24.3 Å². The highest BCUT2D eigenvalue weighted by Crippen LogP contribution is 2.26. The molecular formula is C15H19NO. The second-order valence-corrected chi connectivity index (χ2v) is 4.39. The molecular weight excluding hydrogens is 210 g/mol. The Hall–Kier alpha value is -1.46. The van der Waals surface area contributed by atoms with Gasteiger partial charge in [0.25, 0.3) is 0 Å². The van der Waals surface area contributed by atoms with Crippen molar-refractivity contribution in [3.8, 4) is 17.6 Å². The van der Waals surface area contributed by atoms with Gasteiger partial charge >= 0.3 is 0 Å². The Morgan fingerprint density at radius 3 is 2.59 bits per heavy atom. The lowest BCUT2D eigenvalue weighted by molar-refractivity contribution is 0.303. The fraction of sp³-hybridized carbons (Fsp3) is 0.467. The molecule has 0 heterocycles. The molecule has 1 aromatic rings. The molecule has 2 nitrogen and oxygen atoms in total. The topological polar surface area (TPSA) is 35.2 Å². The van der Waals surface area contributed by atoms with Crippen LogP contribution >= 0.6 is 0 Å². The molecule has 0 amide bonds. The van der Waals surface area contributed by atoms with Crippen molar-refractivity contribution in [2.75, 3.05) is 6.54 Å². The summed E-state index contributed by atoms with van der Waals surface area (Å²) in [6.07, 6.45) is 5.93. The van der Waals surface area contributed by atoms with Crippen LogP contribution in [-0.4, -0.2) is 12.6 Å². The zero-order valence-electron chi connectivity index (χ0n) is 10.1. The minimum absolute atomic E-state index is 0.461. The van der Waals surface area contributed by atoms with Crippen molar-refractivity contribution in [2.45, 2.75) is 38.2 Å². The SMILES string of the molecule is NCCCCC#Cc1ccc(OC2CC2)cc1. The van der Waals surface area contributed by atoms with Crippen LogP contribution in [0.25, 0.3) is 0 Å². The molecule has 0 unspecified atom stereocenters. The van der Waals surface area contributed by atoms with Gasteiger partial charge in [0, 0.05) is 12.0 Å². The van der Waals surface area contributed by atoms with E-state index in [0.717, 1.165) is 37.1 Å². The molecule has 1 saturated carbocycles. The van der Waals surface area contributed by atoms with Crippen LogP contribution in [0, 0.1) is 11.8 Å². The lowest BCUT2D eigenvalue weighted by Crippen LogP contribution is -1.97. The van der Waals surface area contributed by atoms with Gasteiger partial charge in [-0.15, -0.1) is 0 Å². The van der Waals surface area contributed by atoms with Gasteiger partial charge in [-0.1, -0.05) is 11.8 Å². The van der Waals surface area contributed by atoms with Gasteiger partial charge in [0.2, 0.25) is 0 Å². The summed E-state index contributed by atoms with van der Waals surface area (Å²) in [4.78, 5) is 0. The second kappa shape index (κ2) is 6.32. The Morgan fingerprint density at radius 1 is 1.18 bits per heavy atom. The Bertz CT molecular complexity index is 395. The number of unbranched alkanes of at least 4 members (excludes halogenated alkanes) is 2. The van der Waals surface area contributed by atoms with Gasteiger partial charge < -0.3 is 10.5 Å². The van der Waals surface area contributed by atoms with Crippen LogP contribution in [0.5, 0.6) is 5.75 Å². The summed E-state index contributed by atoms with van der Waals surface area (Å²) in [6, 6.07) is 8.05. The number of rotatable bonds is 5. The summed E-state index contributed by atoms with van der Waals surface area (Å²) >= 11 is 0. The van der Waals surface area contributed by atoms with Gasteiger partial charge in [0.1, 0.15) is 5.75 Å². The highest BCUT2D eigenvalue weighted by molar-refractivity contribution is 5.38. The predicted octanol–water partition coefficient (Wildman–Crippen LogP) is 2.71. The summed E-state index contributed by atoms with van der Waals surface area (Å²) in [6.45, 7) is 0.759. The first-order valence-corrected chi connectivity index (χ1v) is 6.34. The molecule has 0 spiro atoms. The molecule has 2 heteroatoms. The van der Waals surface area contributed by atoms with Gasteiger partial charge in [-0.05, 0) is 56.5 Å². The van der Waals surface area contributed by atoms with E-state index < -0.39 is 0 Å². The molecule has 17 heavy (non-hydrogen) atoms. The normalized spacial score (nSPS) is 13.9. The minimum atomic E-state index is 0.461. The maximum absolute atomic E-state index is 5.68. The molecule has 0 saturated heterocycles. The third kappa shape index (κ3) is 4.50. The Morgan fingerprint density at radius 2 is 1.94 bits per heavy atom. The van der Waals surface area contributed by atoms with Gasteiger partial charge in [-0.2, -0.15) is 0 Å². The molecule has 2 rings (SSSR count). The zero-order chi connectivity index (χ0) is 11.9. The molecule has 0 aliphatic heterocycles. The van der Waals surface area contributed by atoms with Crippen LogP contribution in [0.3, 0.4) is 0 Å². The van der Waals surface area contributed by atoms with Gasteiger partial charge in [-0.25, -0.2) is 0 Å². The maximum atomic E-state index is 5.68. The van der Waals surface area contributed by atoms with Crippen LogP contribution < -0.4 is 10.5 Å². The third-order valence-corrected chi connectivity index (χ3v) is 2.67. The number of nitrogens with two attached hydrogens (primary N) is 1. The number of ether oxygens (including phenoxy) is 1. The van der Waals surface area contributed by atoms with Crippen molar-refractivity contribution in [3.63, 3.8) is 0 Å². The summed E-state index contributed by atoms with van der Waals surface area (Å²) in [7, 11) is 0. The second-order valence-electron chi connectivity index (χ2n) is 4.39. The minimum Gasteiger partial charge on any atom is -0.490 e. The van der Waals surface area contributed by atoms with Gasteiger partial charge in [0.15, 0.2) is 0 Å². The molecule has 1 aliphatic carbocycles. The molecule has 1 fully saturated rings. The number of benzene rings is 1. The molecule has 0 aromatic heterocycles. The van der Waals surface area contributed by atoms with Gasteiger partial charge in [0.05, 0.1) is 6.10 Å². The fourth-order valence-electron chi connectivity index (χ4n) is 1.52. The molecule has 2 N–H and O–H groups in total. The van der Waals surface area contributed by atoms with Crippen molar-refractivity contribution in [2.24, 2.45) is 5.73 Å². The molecule has 1 aliphatic rings. The standard InChI is InChI=1S/C15H19NO/c16-12-4-2-1-3-5-13-6-8-14(9-7-13)17-15-10-11-15/h6-9,15H,1-2,4,10-12,16H2. The lowest BCUT2D eigenvalue weighted by Gasteiger charge is -2.02. The highest BCUT2D eigenvalue weighted by Gasteiger charge is 2.23. The monoisotopic (exact) mass is 229 g/mol. The molecule has 1 aromatic carbocycles. The Labute approximate surface area is 103 Å². The quantitative estimate of drug-likeness (QED) is 0.622. The largest absolute Gasteiger partial charge is 0.490 e. The average Bonchev–Trinajstić information content (AvgIpc) is 3.15. The van der Waals surface area contributed by atoms with E-state index in [1.165, 1.54) is 12.8 Å². The number of hydrogen-bond donors (Lipinski definition) is 1. The maximum Gasteiger partial charge on any atom is 0.119 e. The van der Waals surface area contributed by atoms with E-state index in [9.17, 15) is 0 Å². The first-order valence-electron chi connectivity index (χ1n) is 6.34. The lowest BCUT2D eigenvalue weighted by atomic mass is 10.2. The summed E-state index contributed by atoms with van der Waals surface area (Å²) in [5, 5.41) is 0. The van der Waals surface area contributed by atoms with E-state index in [2.05, 4.69) is 11.8 Å². The zero-order valence-corrected chi connectivity index (χ0v) is 10.1. The molecule has 0 radical (unpaired) electrons.